The van der Waals surface area contributed by atoms with Crippen LogP contribution >= 0.6 is 0 Å². The highest BCUT2D eigenvalue weighted by Gasteiger charge is 2.21. The van der Waals surface area contributed by atoms with E-state index in [1.54, 1.807) is 0 Å². The third-order valence-corrected chi connectivity index (χ3v) is 6.73. The molecule has 0 unspecified atom stereocenters. The van der Waals surface area contributed by atoms with E-state index >= 15 is 0 Å². The lowest BCUT2D eigenvalue weighted by atomic mass is 9.77. The maximum absolute atomic E-state index is 4.25. The van der Waals surface area contributed by atoms with Gasteiger partial charge in [-0.05, 0) is 72.6 Å². The molecule has 2 nitrogen and oxygen atoms in total. The van der Waals surface area contributed by atoms with Gasteiger partial charge in [0.25, 0.3) is 0 Å². The van der Waals surface area contributed by atoms with Gasteiger partial charge >= 0.3 is 0 Å². The predicted molar refractivity (Wildman–Crippen MR) is 136 cm³/mol. The molecule has 0 amide bonds. The highest BCUT2D eigenvalue weighted by Crippen LogP contribution is 2.37. The van der Waals surface area contributed by atoms with Crippen LogP contribution in [0.5, 0.6) is 0 Å². The van der Waals surface area contributed by atoms with Crippen molar-refractivity contribution in [3.63, 3.8) is 0 Å². The van der Waals surface area contributed by atoms with Crippen molar-refractivity contribution in [1.82, 2.24) is 0 Å². The lowest BCUT2D eigenvalue weighted by Crippen LogP contribution is -2.13. The van der Waals surface area contributed by atoms with Gasteiger partial charge in [-0.3, -0.25) is 0 Å². The molecular formula is C29H40N2. The molecule has 0 atom stereocenters. The van der Waals surface area contributed by atoms with E-state index in [0.717, 1.165) is 23.0 Å². The summed E-state index contributed by atoms with van der Waals surface area (Å²) >= 11 is 0. The number of aryl methyl sites for hydroxylation is 1. The van der Waals surface area contributed by atoms with Gasteiger partial charge in [0.15, 0.2) is 0 Å². The van der Waals surface area contributed by atoms with Crippen LogP contribution in [0.15, 0.2) is 58.7 Å². The van der Waals surface area contributed by atoms with Crippen molar-refractivity contribution in [1.29, 1.82) is 0 Å². The fourth-order valence-corrected chi connectivity index (χ4v) is 4.77. The molecule has 0 heterocycles. The minimum absolute atomic E-state index is 0.742. The topological polar surface area (TPSA) is 24.7 Å². The summed E-state index contributed by atoms with van der Waals surface area (Å²) in [6, 6.07) is 17.6. The molecule has 1 fully saturated rings. The van der Waals surface area contributed by atoms with Crippen LogP contribution < -0.4 is 0 Å². The molecule has 1 aliphatic rings. The lowest BCUT2D eigenvalue weighted by molar-refractivity contribution is 0.308. The Bertz CT molecular complexity index is 794. The molecule has 2 heteroatoms. The second-order valence-electron chi connectivity index (χ2n) is 9.21. The molecule has 166 valence electrons. The summed E-state index contributed by atoms with van der Waals surface area (Å²) in [7, 11) is 0. The molecule has 2 aromatic rings. The normalized spacial score (nSPS) is 19.4. The molecule has 0 N–H and O–H groups in total. The second kappa shape index (κ2) is 13.2. The first-order valence-corrected chi connectivity index (χ1v) is 12.5. The van der Waals surface area contributed by atoms with Gasteiger partial charge in [-0.1, -0.05) is 94.5 Å². The molecule has 0 saturated heterocycles. The van der Waals surface area contributed by atoms with Crippen molar-refractivity contribution in [3.05, 3.63) is 70.8 Å². The maximum Gasteiger partial charge on any atom is 0.0568 e. The molecule has 31 heavy (non-hydrogen) atoms. The zero-order valence-corrected chi connectivity index (χ0v) is 19.6. The van der Waals surface area contributed by atoms with Crippen molar-refractivity contribution in [2.24, 2.45) is 16.1 Å². The predicted octanol–water partition coefficient (Wildman–Crippen LogP) is 8.34. The molecular weight excluding hydrogens is 376 g/mol. The van der Waals surface area contributed by atoms with E-state index in [4.69, 9.17) is 0 Å². The van der Waals surface area contributed by atoms with Gasteiger partial charge in [0.1, 0.15) is 0 Å². The standard InChI is InChI=1S/C29H40N2/c1-3-5-6-7-9-25-10-12-26(13-11-25)22-30-31-23-27-16-20-29(21-17-27)28-18-14-24(8-4-2)15-19-28/h10-13,16-17,20-24,28H,3-9,14-15,18-19H2,1-2H3/b30-22+,31-23+. The monoisotopic (exact) mass is 416 g/mol. The summed E-state index contributed by atoms with van der Waals surface area (Å²) in [5, 5.41) is 8.48. The largest absolute Gasteiger partial charge is 0.159 e. The van der Waals surface area contributed by atoms with Gasteiger partial charge in [-0.25, -0.2) is 0 Å². The summed E-state index contributed by atoms with van der Waals surface area (Å²) in [4.78, 5) is 0. The molecule has 0 spiro atoms. The number of benzene rings is 2. The average molecular weight is 417 g/mol. The molecule has 1 aliphatic carbocycles. The van der Waals surface area contributed by atoms with Crippen molar-refractivity contribution in [2.75, 3.05) is 0 Å². The number of hydrogen-bond acceptors (Lipinski definition) is 2. The van der Waals surface area contributed by atoms with Crippen LogP contribution in [0, 0.1) is 5.92 Å². The van der Waals surface area contributed by atoms with Crippen molar-refractivity contribution >= 4 is 12.4 Å². The van der Waals surface area contributed by atoms with E-state index < -0.39 is 0 Å². The molecule has 0 bridgehead atoms. The number of rotatable bonds is 11. The average Bonchev–Trinajstić information content (AvgIpc) is 2.82. The first-order chi connectivity index (χ1) is 15.3. The quantitative estimate of drug-likeness (QED) is 0.200. The summed E-state index contributed by atoms with van der Waals surface area (Å²) in [5.74, 6) is 1.71. The van der Waals surface area contributed by atoms with Gasteiger partial charge < -0.3 is 0 Å². The summed E-state index contributed by atoms with van der Waals surface area (Å²) in [5.41, 5.74) is 5.12. The lowest BCUT2D eigenvalue weighted by Gasteiger charge is -2.28. The van der Waals surface area contributed by atoms with Crippen molar-refractivity contribution in [3.8, 4) is 0 Å². The van der Waals surface area contributed by atoms with E-state index in [2.05, 4.69) is 72.6 Å². The van der Waals surface area contributed by atoms with E-state index in [9.17, 15) is 0 Å². The SMILES string of the molecule is CCCCCCc1ccc(/C=N/N=C/c2ccc(C3CCC(CCC)CC3)cc2)cc1. The van der Waals surface area contributed by atoms with Crippen LogP contribution in [-0.4, -0.2) is 12.4 Å². The van der Waals surface area contributed by atoms with E-state index in [0.29, 0.717) is 0 Å². The summed E-state index contributed by atoms with van der Waals surface area (Å²) in [6.07, 6.45) is 18.3. The van der Waals surface area contributed by atoms with Gasteiger partial charge in [-0.15, -0.1) is 0 Å². The van der Waals surface area contributed by atoms with Crippen LogP contribution in [0.1, 0.15) is 106 Å². The highest BCUT2D eigenvalue weighted by molar-refractivity contribution is 5.82. The van der Waals surface area contributed by atoms with E-state index in [-0.39, 0.29) is 0 Å². The molecule has 3 rings (SSSR count). The fourth-order valence-electron chi connectivity index (χ4n) is 4.77. The van der Waals surface area contributed by atoms with E-state index in [1.807, 2.05) is 12.4 Å². The van der Waals surface area contributed by atoms with Crippen molar-refractivity contribution in [2.45, 2.75) is 90.4 Å². The van der Waals surface area contributed by atoms with Crippen molar-refractivity contribution < 1.29 is 0 Å². The Morgan fingerprint density at radius 2 is 1.32 bits per heavy atom. The Labute approximate surface area is 189 Å². The highest BCUT2D eigenvalue weighted by atomic mass is 15.2. The summed E-state index contributed by atoms with van der Waals surface area (Å²) < 4.78 is 0. The minimum Gasteiger partial charge on any atom is -0.159 e. The van der Waals surface area contributed by atoms with Gasteiger partial charge in [0.05, 0.1) is 12.4 Å². The van der Waals surface area contributed by atoms with Crippen LogP contribution in [0.25, 0.3) is 0 Å². The molecule has 1 saturated carbocycles. The third-order valence-electron chi connectivity index (χ3n) is 6.73. The first-order valence-electron chi connectivity index (χ1n) is 12.5. The van der Waals surface area contributed by atoms with Gasteiger partial charge in [-0.2, -0.15) is 10.2 Å². The van der Waals surface area contributed by atoms with Crippen LogP contribution in [0.4, 0.5) is 0 Å². The minimum atomic E-state index is 0.742. The fraction of sp³-hybridized carbons (Fsp3) is 0.517. The number of nitrogens with zero attached hydrogens (tertiary/aromatic N) is 2. The Morgan fingerprint density at radius 1 is 0.710 bits per heavy atom. The Balaban J connectivity index is 1.44. The Kier molecular flexibility index (Phi) is 10.0. The van der Waals surface area contributed by atoms with Gasteiger partial charge in [0, 0.05) is 0 Å². The Hall–Kier alpha value is -2.22. The number of hydrogen-bond donors (Lipinski definition) is 0. The maximum atomic E-state index is 4.25. The van der Waals surface area contributed by atoms with Crippen LogP contribution in [-0.2, 0) is 6.42 Å². The van der Waals surface area contributed by atoms with Crippen LogP contribution in [0.2, 0.25) is 0 Å². The zero-order valence-electron chi connectivity index (χ0n) is 19.6. The second-order valence-corrected chi connectivity index (χ2v) is 9.21. The molecule has 0 aromatic heterocycles. The third kappa shape index (κ3) is 8.09. The van der Waals surface area contributed by atoms with E-state index in [1.165, 1.54) is 81.8 Å². The first kappa shape index (κ1) is 23.4. The van der Waals surface area contributed by atoms with Gasteiger partial charge in [0.2, 0.25) is 0 Å². The Morgan fingerprint density at radius 3 is 1.90 bits per heavy atom. The molecule has 0 aliphatic heterocycles. The zero-order chi connectivity index (χ0) is 21.7. The smallest absolute Gasteiger partial charge is 0.0568 e. The summed E-state index contributed by atoms with van der Waals surface area (Å²) in [6.45, 7) is 4.56. The molecule has 0 radical (unpaired) electrons. The molecule has 2 aromatic carbocycles. The number of unbranched alkanes of at least 4 members (excludes halogenated alkanes) is 3. The van der Waals surface area contributed by atoms with Crippen LogP contribution in [0.3, 0.4) is 0 Å².